The van der Waals surface area contributed by atoms with Crippen molar-refractivity contribution < 1.29 is 83.2 Å². The van der Waals surface area contributed by atoms with Gasteiger partial charge in [-0.1, -0.05) is 28.5 Å². The van der Waals surface area contributed by atoms with Gasteiger partial charge in [-0.25, -0.2) is 19.2 Å². The highest BCUT2D eigenvalue weighted by molar-refractivity contribution is 6.31. The Hall–Kier alpha value is -6.92. The van der Waals surface area contributed by atoms with Gasteiger partial charge in [-0.05, 0) is 86.3 Å². The van der Waals surface area contributed by atoms with Crippen LogP contribution in [0.3, 0.4) is 0 Å². The molecule has 16 nitrogen and oxygen atoms in total. The summed E-state index contributed by atoms with van der Waals surface area (Å²) in [5, 5.41) is 32.1. The molecule has 2 aliphatic rings. The number of esters is 1. The largest absolute Gasteiger partial charge is 0.490 e. The van der Waals surface area contributed by atoms with E-state index in [1.54, 1.807) is 10.7 Å². The summed E-state index contributed by atoms with van der Waals surface area (Å²) in [7, 11) is 3.81. The van der Waals surface area contributed by atoms with Crippen molar-refractivity contribution in [1.29, 1.82) is 0 Å². The second-order valence-electron chi connectivity index (χ2n) is 15.3. The van der Waals surface area contributed by atoms with Crippen LogP contribution in [0.4, 0.5) is 50.9 Å². The van der Waals surface area contributed by atoms with E-state index in [4.69, 9.17) is 61.2 Å². The van der Waals surface area contributed by atoms with Crippen LogP contribution in [-0.2, 0) is 49.9 Å². The van der Waals surface area contributed by atoms with Crippen LogP contribution in [0.25, 0.3) is 21.9 Å². The van der Waals surface area contributed by atoms with Crippen LogP contribution in [0.15, 0.2) is 69.5 Å². The smallest absolute Gasteiger partial charge is 0.475 e. The molecule has 0 saturated carbocycles. The number of pyridine rings is 1. The lowest BCUT2D eigenvalue weighted by Crippen LogP contribution is -2.24. The maximum Gasteiger partial charge on any atom is 0.490 e. The van der Waals surface area contributed by atoms with Gasteiger partial charge in [-0.3, -0.25) is 14.5 Å². The molecule has 0 radical (unpaired) electrons. The molecule has 0 fully saturated rings. The van der Waals surface area contributed by atoms with Crippen molar-refractivity contribution in [3.8, 4) is 0 Å². The maximum atomic E-state index is 12.7. The number of anilines is 2. The lowest BCUT2D eigenvalue weighted by atomic mass is 9.70. The number of carboxylic acid groups (broad SMARTS) is 3. The highest BCUT2D eigenvalue weighted by Crippen LogP contribution is 2.47. The molecule has 5 aromatic rings. The number of nitrogen functional groups attached to an aromatic ring is 1. The van der Waals surface area contributed by atoms with Gasteiger partial charge in [0.25, 0.3) is 0 Å². The first kappa shape index (κ1) is 53.7. The van der Waals surface area contributed by atoms with Crippen molar-refractivity contribution in [2.24, 2.45) is 5.92 Å². The molecule has 5 N–H and O–H groups in total. The molecule has 26 heteroatoms. The van der Waals surface area contributed by atoms with Crippen LogP contribution >= 0.6 is 11.6 Å². The van der Waals surface area contributed by atoms with Crippen LogP contribution in [0.5, 0.6) is 0 Å². The summed E-state index contributed by atoms with van der Waals surface area (Å²) in [4.78, 5) is 58.4. The number of hydrogen-bond donors (Lipinski definition) is 4. The molecule has 0 saturated heterocycles. The SMILES string of the molecule is CN(C)c1ccc2c(CC(=O)OCc3cn(CCCCC4=CC5Cc6nc7cc(Cl)ccc7c(N)c6C(C4)C5)nn3)cc(=O)oc2c1.O=C(O)C(F)(F)F.O=C(O)C(F)(F)F.O=C(O)C(F)(F)F. The zero-order valence-electron chi connectivity index (χ0n) is 35.5. The lowest BCUT2D eigenvalue weighted by molar-refractivity contribution is -0.193. The summed E-state index contributed by atoms with van der Waals surface area (Å²) in [6.07, 6.45) is -4.90. The first-order valence-electron chi connectivity index (χ1n) is 19.8. The molecule has 3 heterocycles. The minimum atomic E-state index is -5.08. The summed E-state index contributed by atoms with van der Waals surface area (Å²) in [5.41, 5.74) is 14.3. The van der Waals surface area contributed by atoms with Gasteiger partial charge >= 0.3 is 48.0 Å². The Balaban J connectivity index is 0.000000400. The van der Waals surface area contributed by atoms with Gasteiger partial charge in [0, 0.05) is 71.2 Å². The molecule has 68 heavy (non-hydrogen) atoms. The number of ether oxygens (including phenoxy) is 1. The number of unbranched alkanes of at least 4 members (excludes halogenated alkanes) is 1. The Labute approximate surface area is 382 Å². The average Bonchev–Trinajstić information content (AvgIpc) is 3.68. The molecule has 2 aliphatic carbocycles. The van der Waals surface area contributed by atoms with E-state index in [-0.39, 0.29) is 13.0 Å². The number of carbonyl (C=O) groups is 4. The molecule has 2 aromatic carbocycles. The molecular weight excluding hydrogens is 955 g/mol. The number of fused-ring (bicyclic) bond motifs is 6. The number of allylic oxidation sites excluding steroid dienone is 2. The van der Waals surface area contributed by atoms with Crippen molar-refractivity contribution in [3.63, 3.8) is 0 Å². The normalized spacial score (nSPS) is 15.3. The number of aliphatic carboxylic acids is 3. The lowest BCUT2D eigenvalue weighted by Gasteiger charge is -2.36. The van der Waals surface area contributed by atoms with Crippen molar-refractivity contribution in [1.82, 2.24) is 20.0 Å². The highest BCUT2D eigenvalue weighted by atomic mass is 35.5. The first-order valence-corrected chi connectivity index (χ1v) is 20.2. The molecule has 368 valence electrons. The molecule has 0 aliphatic heterocycles. The van der Waals surface area contributed by atoms with Crippen LogP contribution < -0.4 is 16.3 Å². The second kappa shape index (κ2) is 22.3. The third kappa shape index (κ3) is 15.3. The van der Waals surface area contributed by atoms with Crippen LogP contribution in [0.2, 0.25) is 5.02 Å². The summed E-state index contributed by atoms with van der Waals surface area (Å²) in [6, 6.07) is 12.7. The van der Waals surface area contributed by atoms with Gasteiger partial charge in [0.15, 0.2) is 0 Å². The van der Waals surface area contributed by atoms with Crippen LogP contribution in [0, 0.1) is 5.92 Å². The van der Waals surface area contributed by atoms with Gasteiger partial charge in [0.1, 0.15) is 17.9 Å². The molecule has 2 atom stereocenters. The number of halogens is 10. The second-order valence-corrected chi connectivity index (χ2v) is 15.8. The third-order valence-electron chi connectivity index (χ3n) is 10.0. The van der Waals surface area contributed by atoms with E-state index in [0.29, 0.717) is 39.1 Å². The number of carboxylic acids is 3. The monoisotopic (exact) mass is 994 g/mol. The van der Waals surface area contributed by atoms with Gasteiger partial charge in [-0.15, -0.1) is 5.10 Å². The molecule has 0 amide bonds. The molecule has 7 rings (SSSR count). The first-order chi connectivity index (χ1) is 31.5. The van der Waals surface area contributed by atoms with Crippen molar-refractivity contribution in [2.75, 3.05) is 24.7 Å². The number of rotatable bonds is 10. The topological polar surface area (TPSA) is 241 Å². The van der Waals surface area contributed by atoms with Crippen LogP contribution in [-0.4, -0.2) is 91.8 Å². The molecule has 3 aromatic heterocycles. The average molecular weight is 995 g/mol. The minimum absolute atomic E-state index is 0.0143. The van der Waals surface area contributed by atoms with Crippen molar-refractivity contribution in [2.45, 2.75) is 82.5 Å². The number of alkyl halides is 9. The minimum Gasteiger partial charge on any atom is -0.475 e. The van der Waals surface area contributed by atoms with Crippen LogP contribution in [0.1, 0.15) is 60.5 Å². The number of benzene rings is 2. The zero-order valence-corrected chi connectivity index (χ0v) is 36.3. The fourth-order valence-electron chi connectivity index (χ4n) is 7.12. The Morgan fingerprint density at radius 3 is 2.07 bits per heavy atom. The van der Waals surface area contributed by atoms with E-state index in [1.807, 2.05) is 55.5 Å². The van der Waals surface area contributed by atoms with Gasteiger partial charge in [0.2, 0.25) is 0 Å². The van der Waals surface area contributed by atoms with Gasteiger partial charge in [0.05, 0.1) is 18.1 Å². The van der Waals surface area contributed by atoms with E-state index < -0.39 is 48.0 Å². The summed E-state index contributed by atoms with van der Waals surface area (Å²) < 4.78 is 108. The van der Waals surface area contributed by atoms with Gasteiger partial charge < -0.3 is 35.1 Å². The molecular formula is C42H40ClF9N6O10. The van der Waals surface area contributed by atoms with E-state index in [2.05, 4.69) is 16.4 Å². The van der Waals surface area contributed by atoms with E-state index in [1.165, 1.54) is 17.2 Å². The molecule has 0 spiro atoms. The van der Waals surface area contributed by atoms with Gasteiger partial charge in [-0.2, -0.15) is 39.5 Å². The number of hydrogen-bond acceptors (Lipinski definition) is 12. The Bertz CT molecular complexity index is 2680. The predicted molar refractivity (Wildman–Crippen MR) is 224 cm³/mol. The van der Waals surface area contributed by atoms with E-state index in [0.717, 1.165) is 73.0 Å². The fourth-order valence-corrected chi connectivity index (χ4v) is 7.28. The number of aryl methyl sites for hydroxylation is 1. The Kier molecular flexibility index (Phi) is 17.6. The third-order valence-corrected chi connectivity index (χ3v) is 10.3. The maximum absolute atomic E-state index is 12.7. The predicted octanol–water partition coefficient (Wildman–Crippen LogP) is 8.27. The summed E-state index contributed by atoms with van der Waals surface area (Å²) in [5.74, 6) is -7.82. The molecule has 2 unspecified atom stereocenters. The highest BCUT2D eigenvalue weighted by Gasteiger charge is 2.39. The van der Waals surface area contributed by atoms with E-state index >= 15 is 0 Å². The summed E-state index contributed by atoms with van der Waals surface area (Å²) in [6.45, 7) is 0.747. The summed E-state index contributed by atoms with van der Waals surface area (Å²) >= 11 is 6.22. The number of aromatic nitrogens is 4. The standard InChI is InChI=1S/C36H37ClN6O4.3C2HF3O2/c1-42(2)27-7-9-28-23(16-34(45)47-32(28)18-27)15-33(44)46-20-26-19-43(41-40-26)10-4-3-5-21-11-22-13-24(12-21)35-31(14-22)39-30-17-25(37)6-8-29(30)36(35)38;3*3-2(4,5)1(6)7/h6-9,11,16-19,22,24H,3-5,10,12-15,20H2,1-2H3,(H2,38,39);3*(H,6,7). The van der Waals surface area contributed by atoms with E-state index in [9.17, 15) is 49.1 Å². The van der Waals surface area contributed by atoms with Crippen molar-refractivity contribution >= 4 is 68.7 Å². The Morgan fingerprint density at radius 1 is 0.882 bits per heavy atom. The zero-order chi connectivity index (χ0) is 50.9. The number of nitrogens with two attached hydrogens (primary N) is 1. The fraction of sp³-hybridized carbons (Fsp3) is 0.381. The number of carbonyl (C=O) groups excluding carboxylic acids is 1. The Morgan fingerprint density at radius 2 is 1.49 bits per heavy atom. The quantitative estimate of drug-likeness (QED) is 0.0338. The molecule has 2 bridgehead atoms. The van der Waals surface area contributed by atoms with Crippen molar-refractivity contribution in [3.05, 3.63) is 98.3 Å². The number of nitrogens with zero attached hydrogens (tertiary/aromatic N) is 5.